The number of carboxylic acids is 1. The first-order valence-electron chi connectivity index (χ1n) is 5.57. The molecular weight excluding hydrogens is 210 g/mol. The zero-order valence-corrected chi connectivity index (χ0v) is 9.67. The zero-order valence-electron chi connectivity index (χ0n) is 9.67. The number of aliphatic hydroxyl groups is 1. The van der Waals surface area contributed by atoms with Crippen LogP contribution in [0.1, 0.15) is 26.7 Å². The third-order valence-corrected chi connectivity index (χ3v) is 2.64. The monoisotopic (exact) mass is 229 g/mol. The van der Waals surface area contributed by atoms with Crippen LogP contribution in [0.4, 0.5) is 0 Å². The van der Waals surface area contributed by atoms with Gasteiger partial charge < -0.3 is 14.9 Å². The van der Waals surface area contributed by atoms with E-state index in [9.17, 15) is 4.79 Å². The van der Waals surface area contributed by atoms with Crippen LogP contribution >= 0.6 is 0 Å². The summed E-state index contributed by atoms with van der Waals surface area (Å²) in [6.45, 7) is 3.65. The number of aliphatic carboxylic acids is 1. The minimum Gasteiger partial charge on any atom is -0.480 e. The lowest BCUT2D eigenvalue weighted by Crippen LogP contribution is -2.25. The van der Waals surface area contributed by atoms with Crippen molar-refractivity contribution in [3.05, 3.63) is 0 Å². The maximum atomic E-state index is 10.9. The summed E-state index contributed by atoms with van der Waals surface area (Å²) in [4.78, 5) is 14.9. The molecule has 1 heterocycles. The van der Waals surface area contributed by atoms with Gasteiger partial charge in [-0.15, -0.1) is 0 Å². The van der Waals surface area contributed by atoms with E-state index in [2.05, 4.69) is 4.99 Å². The summed E-state index contributed by atoms with van der Waals surface area (Å²) in [6.07, 6.45) is 2.87. The van der Waals surface area contributed by atoms with E-state index >= 15 is 0 Å². The van der Waals surface area contributed by atoms with E-state index in [4.69, 9.17) is 14.9 Å². The fourth-order valence-electron chi connectivity index (χ4n) is 1.69. The molecule has 5 nitrogen and oxygen atoms in total. The number of ether oxygens (including phenoxy) is 1. The topological polar surface area (TPSA) is 79.1 Å². The first-order chi connectivity index (χ1) is 7.54. The molecule has 1 aliphatic rings. The van der Waals surface area contributed by atoms with Gasteiger partial charge in [-0.2, -0.15) is 0 Å². The van der Waals surface area contributed by atoms with Gasteiger partial charge in [0.2, 0.25) is 0 Å². The molecule has 0 aromatic carbocycles. The van der Waals surface area contributed by atoms with Crippen LogP contribution in [0.25, 0.3) is 0 Å². The van der Waals surface area contributed by atoms with E-state index in [1.54, 1.807) is 6.21 Å². The lowest BCUT2D eigenvalue weighted by Gasteiger charge is -2.12. The molecule has 5 heteroatoms. The van der Waals surface area contributed by atoms with Crippen molar-refractivity contribution in [3.63, 3.8) is 0 Å². The van der Waals surface area contributed by atoms with Crippen molar-refractivity contribution in [1.29, 1.82) is 0 Å². The molecule has 1 saturated heterocycles. The van der Waals surface area contributed by atoms with Gasteiger partial charge in [0.05, 0.1) is 18.8 Å². The Morgan fingerprint density at radius 3 is 2.69 bits per heavy atom. The maximum Gasteiger partial charge on any atom is 0.328 e. The van der Waals surface area contributed by atoms with Crippen molar-refractivity contribution in [2.45, 2.75) is 44.9 Å². The van der Waals surface area contributed by atoms with Gasteiger partial charge in [0, 0.05) is 6.21 Å². The van der Waals surface area contributed by atoms with Gasteiger partial charge in [0.25, 0.3) is 0 Å². The van der Waals surface area contributed by atoms with Gasteiger partial charge in [-0.1, -0.05) is 13.8 Å². The number of hydrogen-bond donors (Lipinski definition) is 2. The van der Waals surface area contributed by atoms with E-state index in [0.717, 1.165) is 12.8 Å². The Morgan fingerprint density at radius 1 is 1.56 bits per heavy atom. The first kappa shape index (κ1) is 13.1. The van der Waals surface area contributed by atoms with Gasteiger partial charge in [-0.25, -0.2) is 4.79 Å². The normalized spacial score (nSPS) is 27.8. The summed E-state index contributed by atoms with van der Waals surface area (Å²) in [5.74, 6) is -0.952. The molecule has 0 aromatic rings. The van der Waals surface area contributed by atoms with Crippen molar-refractivity contribution in [3.8, 4) is 0 Å². The predicted octanol–water partition coefficient (Wildman–Crippen LogP) is 0.706. The van der Waals surface area contributed by atoms with Crippen LogP contribution in [0.2, 0.25) is 0 Å². The van der Waals surface area contributed by atoms with Crippen LogP contribution in [0.15, 0.2) is 4.99 Å². The molecule has 1 rings (SSSR count). The van der Waals surface area contributed by atoms with E-state index in [-0.39, 0.29) is 24.7 Å². The average Bonchev–Trinajstić information content (AvgIpc) is 2.65. The summed E-state index contributed by atoms with van der Waals surface area (Å²) in [7, 11) is 0. The van der Waals surface area contributed by atoms with E-state index in [0.29, 0.717) is 0 Å². The maximum absolute atomic E-state index is 10.9. The third-order valence-electron chi connectivity index (χ3n) is 2.64. The Labute approximate surface area is 95.1 Å². The predicted molar refractivity (Wildman–Crippen MR) is 59.7 cm³/mol. The fraction of sp³-hybridized carbons (Fsp3) is 0.818. The second-order valence-electron chi connectivity index (χ2n) is 4.38. The number of carboxylic acid groups (broad SMARTS) is 1. The van der Waals surface area contributed by atoms with E-state index in [1.807, 2.05) is 13.8 Å². The highest BCUT2D eigenvalue weighted by atomic mass is 16.5. The Morgan fingerprint density at radius 2 is 2.25 bits per heavy atom. The van der Waals surface area contributed by atoms with Crippen LogP contribution < -0.4 is 0 Å². The second-order valence-corrected chi connectivity index (χ2v) is 4.38. The molecular formula is C11H19NO4. The van der Waals surface area contributed by atoms with Crippen LogP contribution in [0.3, 0.4) is 0 Å². The van der Waals surface area contributed by atoms with Crippen LogP contribution in [-0.4, -0.2) is 47.3 Å². The van der Waals surface area contributed by atoms with Crippen molar-refractivity contribution >= 4 is 12.2 Å². The molecule has 0 spiro atoms. The molecule has 0 amide bonds. The summed E-state index contributed by atoms with van der Waals surface area (Å²) in [6, 6.07) is -0.711. The average molecular weight is 229 g/mol. The largest absolute Gasteiger partial charge is 0.480 e. The van der Waals surface area contributed by atoms with Gasteiger partial charge in [0.1, 0.15) is 6.04 Å². The highest BCUT2D eigenvalue weighted by Crippen LogP contribution is 2.18. The molecule has 3 unspecified atom stereocenters. The number of aliphatic imine (C=N–C) groups is 1. The van der Waals surface area contributed by atoms with E-state index in [1.165, 1.54) is 0 Å². The molecule has 2 N–H and O–H groups in total. The number of hydrogen-bond acceptors (Lipinski definition) is 4. The minimum absolute atomic E-state index is 0.0108. The fourth-order valence-corrected chi connectivity index (χ4v) is 1.69. The quantitative estimate of drug-likeness (QED) is 0.680. The molecule has 0 saturated carbocycles. The molecule has 0 bridgehead atoms. The summed E-state index contributed by atoms with van der Waals surface area (Å²) >= 11 is 0. The molecule has 1 aliphatic heterocycles. The van der Waals surface area contributed by atoms with Crippen molar-refractivity contribution in [2.24, 2.45) is 10.9 Å². The van der Waals surface area contributed by atoms with Gasteiger partial charge in [-0.3, -0.25) is 4.99 Å². The molecule has 0 radical (unpaired) electrons. The van der Waals surface area contributed by atoms with Gasteiger partial charge in [0.15, 0.2) is 0 Å². The molecule has 92 valence electrons. The second kappa shape index (κ2) is 5.96. The molecule has 16 heavy (non-hydrogen) atoms. The standard InChI is InChI=1S/C11H19NO4/c1-7(2)10(11(14)15)12-5-8-3-4-9(6-13)16-8/h5,7-10,13H,3-4,6H2,1-2H3,(H,14,15). The Balaban J connectivity index is 2.49. The van der Waals surface area contributed by atoms with Crippen LogP contribution in [-0.2, 0) is 9.53 Å². The molecule has 0 aliphatic carbocycles. The Hall–Kier alpha value is -0.940. The van der Waals surface area contributed by atoms with Crippen molar-refractivity contribution in [2.75, 3.05) is 6.61 Å². The first-order valence-corrected chi connectivity index (χ1v) is 5.57. The lowest BCUT2D eigenvalue weighted by atomic mass is 10.1. The highest BCUT2D eigenvalue weighted by Gasteiger charge is 2.25. The molecule has 0 aromatic heterocycles. The van der Waals surface area contributed by atoms with Gasteiger partial charge >= 0.3 is 5.97 Å². The SMILES string of the molecule is CC(C)C(N=CC1CCC(CO)O1)C(=O)O. The summed E-state index contributed by atoms with van der Waals surface area (Å²) in [5.41, 5.74) is 0. The Kier molecular flexibility index (Phi) is 4.89. The van der Waals surface area contributed by atoms with Crippen LogP contribution in [0.5, 0.6) is 0 Å². The Bertz CT molecular complexity index is 265. The molecule has 1 fully saturated rings. The van der Waals surface area contributed by atoms with Crippen LogP contribution in [0, 0.1) is 5.92 Å². The number of nitrogens with zero attached hydrogens (tertiary/aromatic N) is 1. The van der Waals surface area contributed by atoms with Gasteiger partial charge in [-0.05, 0) is 18.8 Å². The highest BCUT2D eigenvalue weighted by molar-refractivity contribution is 5.77. The third kappa shape index (κ3) is 3.57. The lowest BCUT2D eigenvalue weighted by molar-refractivity contribution is -0.139. The van der Waals surface area contributed by atoms with Crippen molar-refractivity contribution < 1.29 is 19.7 Å². The van der Waals surface area contributed by atoms with Crippen molar-refractivity contribution in [1.82, 2.24) is 0 Å². The van der Waals surface area contributed by atoms with E-state index < -0.39 is 12.0 Å². The number of carbonyl (C=O) groups is 1. The smallest absolute Gasteiger partial charge is 0.328 e. The summed E-state index contributed by atoms with van der Waals surface area (Å²) < 4.78 is 5.43. The minimum atomic E-state index is -0.914. The number of aliphatic hydroxyl groups excluding tert-OH is 1. The number of rotatable bonds is 5. The molecule has 3 atom stereocenters. The zero-order chi connectivity index (χ0) is 12.1. The summed E-state index contributed by atoms with van der Waals surface area (Å²) in [5, 5.41) is 17.8.